The van der Waals surface area contributed by atoms with Gasteiger partial charge in [-0.1, -0.05) is 6.07 Å². The third kappa shape index (κ3) is 2.72. The van der Waals surface area contributed by atoms with E-state index in [2.05, 4.69) is 20.9 Å². The van der Waals surface area contributed by atoms with Crippen molar-refractivity contribution in [2.24, 2.45) is 5.73 Å². The minimum absolute atomic E-state index is 0.110. The summed E-state index contributed by atoms with van der Waals surface area (Å²) in [4.78, 5) is 20.8. The lowest BCUT2D eigenvalue weighted by atomic mass is 10.0. The number of nitrogens with zero attached hydrogens (tertiary/aromatic N) is 5. The number of likely N-dealkylation sites (tertiary alicyclic amines) is 1. The zero-order chi connectivity index (χ0) is 17.4. The van der Waals surface area contributed by atoms with E-state index in [1.165, 1.54) is 0 Å². The van der Waals surface area contributed by atoms with Crippen LogP contribution >= 0.6 is 0 Å². The van der Waals surface area contributed by atoms with Gasteiger partial charge in [-0.2, -0.15) is 5.26 Å². The molecule has 25 heavy (non-hydrogen) atoms. The molecule has 4 heterocycles. The molecule has 0 radical (unpaired) electrons. The Balaban J connectivity index is 1.51. The van der Waals surface area contributed by atoms with Crippen LogP contribution in [0.5, 0.6) is 0 Å². The molecule has 1 amide bonds. The van der Waals surface area contributed by atoms with Crippen LogP contribution < -0.4 is 10.6 Å². The Morgan fingerprint density at radius 1 is 1.24 bits per heavy atom. The summed E-state index contributed by atoms with van der Waals surface area (Å²) in [6.07, 6.45) is 5.71. The van der Waals surface area contributed by atoms with Crippen molar-refractivity contribution in [1.29, 1.82) is 5.26 Å². The molecule has 2 saturated heterocycles. The Morgan fingerprint density at radius 2 is 2.04 bits per heavy atom. The molecule has 2 aliphatic rings. The Kier molecular flexibility index (Phi) is 4.06. The lowest BCUT2D eigenvalue weighted by Gasteiger charge is -2.38. The number of imidazole rings is 1. The van der Waals surface area contributed by atoms with E-state index in [9.17, 15) is 10.1 Å². The number of hydrogen-bond donors (Lipinski definition) is 1. The molecule has 1 atom stereocenters. The number of primary amides is 1. The monoisotopic (exact) mass is 338 g/mol. The Bertz CT molecular complexity index is 830. The van der Waals surface area contributed by atoms with Crippen LogP contribution in [-0.2, 0) is 4.79 Å². The second-order valence-corrected chi connectivity index (χ2v) is 6.84. The molecule has 2 fully saturated rings. The molecule has 0 spiro atoms. The van der Waals surface area contributed by atoms with Gasteiger partial charge in [0.05, 0.1) is 6.04 Å². The van der Waals surface area contributed by atoms with Crippen LogP contribution in [-0.4, -0.2) is 51.9 Å². The molecule has 7 heteroatoms. The largest absolute Gasteiger partial charge is 0.368 e. The van der Waals surface area contributed by atoms with E-state index in [0.29, 0.717) is 11.7 Å². The molecule has 2 N–H and O–H groups in total. The highest BCUT2D eigenvalue weighted by Gasteiger charge is 2.36. The first-order valence-electron chi connectivity index (χ1n) is 8.86. The summed E-state index contributed by atoms with van der Waals surface area (Å²) in [5.74, 6) is 0.562. The number of fused-ring (bicyclic) bond motifs is 1. The summed E-state index contributed by atoms with van der Waals surface area (Å²) in [7, 11) is 0. The van der Waals surface area contributed by atoms with Crippen molar-refractivity contribution in [3.05, 3.63) is 30.1 Å². The highest BCUT2D eigenvalue weighted by molar-refractivity contribution is 5.80. The summed E-state index contributed by atoms with van der Waals surface area (Å²) in [6.45, 7) is 2.63. The number of amides is 1. The molecule has 2 aliphatic heterocycles. The van der Waals surface area contributed by atoms with E-state index in [-0.39, 0.29) is 11.9 Å². The number of piperidine rings is 1. The molecule has 1 unspecified atom stereocenters. The van der Waals surface area contributed by atoms with Crippen LogP contribution in [0.2, 0.25) is 0 Å². The highest BCUT2D eigenvalue weighted by atomic mass is 16.1. The lowest BCUT2D eigenvalue weighted by Crippen LogP contribution is -2.50. The normalized spacial score (nSPS) is 22.4. The molecule has 0 saturated carbocycles. The van der Waals surface area contributed by atoms with Crippen LogP contribution in [0.4, 0.5) is 5.82 Å². The number of hydrogen-bond acceptors (Lipinski definition) is 5. The van der Waals surface area contributed by atoms with Crippen molar-refractivity contribution in [2.75, 3.05) is 24.5 Å². The van der Waals surface area contributed by atoms with Crippen molar-refractivity contribution in [3.8, 4) is 6.07 Å². The van der Waals surface area contributed by atoms with Gasteiger partial charge in [-0.25, -0.2) is 4.98 Å². The summed E-state index contributed by atoms with van der Waals surface area (Å²) in [5.41, 5.74) is 6.94. The van der Waals surface area contributed by atoms with Crippen LogP contribution in [0.15, 0.2) is 24.4 Å². The average Bonchev–Trinajstić information content (AvgIpc) is 3.26. The first-order valence-corrected chi connectivity index (χ1v) is 8.86. The highest BCUT2D eigenvalue weighted by Crippen LogP contribution is 2.29. The lowest BCUT2D eigenvalue weighted by molar-refractivity contribution is -0.123. The van der Waals surface area contributed by atoms with Gasteiger partial charge in [0.15, 0.2) is 11.5 Å². The molecular formula is C18H22N6O. The number of carbonyl (C=O) groups excluding carboxylic acids is 1. The maximum atomic E-state index is 11.6. The fourth-order valence-electron chi connectivity index (χ4n) is 4.25. The standard InChI is InChI=1S/C18H22N6O/c19-12-15-18(21-16-5-1-2-8-24(15)16)22-10-6-13(7-11-22)23-9-3-4-14(23)17(20)25/h1-2,5,8,13-14H,3-4,6-7,9-11H2,(H2,20,25). The van der Waals surface area contributed by atoms with Crippen molar-refractivity contribution in [2.45, 2.75) is 37.8 Å². The van der Waals surface area contributed by atoms with Crippen molar-refractivity contribution >= 4 is 17.4 Å². The Hall–Kier alpha value is -2.59. The van der Waals surface area contributed by atoms with E-state index in [0.717, 1.165) is 56.8 Å². The minimum atomic E-state index is -0.202. The Labute approximate surface area is 146 Å². The zero-order valence-electron chi connectivity index (χ0n) is 14.1. The summed E-state index contributed by atoms with van der Waals surface area (Å²) in [5, 5.41) is 9.56. The second kappa shape index (κ2) is 6.37. The van der Waals surface area contributed by atoms with E-state index in [1.807, 2.05) is 28.8 Å². The minimum Gasteiger partial charge on any atom is -0.368 e. The van der Waals surface area contributed by atoms with Crippen LogP contribution in [0.1, 0.15) is 31.4 Å². The van der Waals surface area contributed by atoms with Gasteiger partial charge in [0.1, 0.15) is 11.7 Å². The number of aromatic nitrogens is 2. The van der Waals surface area contributed by atoms with Gasteiger partial charge in [-0.05, 0) is 44.4 Å². The molecule has 2 aromatic heterocycles. The zero-order valence-corrected chi connectivity index (χ0v) is 14.1. The molecule has 130 valence electrons. The predicted octanol–water partition coefficient (Wildman–Crippen LogP) is 1.12. The summed E-state index contributed by atoms with van der Waals surface area (Å²) < 4.78 is 1.84. The number of carbonyl (C=O) groups is 1. The molecule has 2 aromatic rings. The molecule has 4 rings (SSSR count). The van der Waals surface area contributed by atoms with Crippen LogP contribution in [0, 0.1) is 11.3 Å². The van der Waals surface area contributed by atoms with Crippen LogP contribution in [0.3, 0.4) is 0 Å². The number of anilines is 1. The topological polar surface area (TPSA) is 90.7 Å². The quantitative estimate of drug-likeness (QED) is 0.906. The number of rotatable bonds is 3. The number of pyridine rings is 1. The molecule has 0 aromatic carbocycles. The summed E-state index contributed by atoms with van der Waals surface area (Å²) >= 11 is 0. The van der Waals surface area contributed by atoms with Gasteiger partial charge >= 0.3 is 0 Å². The van der Waals surface area contributed by atoms with Crippen molar-refractivity contribution in [1.82, 2.24) is 14.3 Å². The predicted molar refractivity (Wildman–Crippen MR) is 94.1 cm³/mol. The first kappa shape index (κ1) is 15.9. The fraction of sp³-hybridized carbons (Fsp3) is 0.500. The van der Waals surface area contributed by atoms with Gasteiger partial charge in [0.2, 0.25) is 5.91 Å². The first-order chi connectivity index (χ1) is 12.2. The maximum absolute atomic E-state index is 11.6. The second-order valence-electron chi connectivity index (χ2n) is 6.84. The summed E-state index contributed by atoms with van der Waals surface area (Å²) in [6, 6.07) is 8.32. The number of nitrogens with two attached hydrogens (primary N) is 1. The maximum Gasteiger partial charge on any atom is 0.234 e. The van der Waals surface area contributed by atoms with Gasteiger partial charge in [-0.3, -0.25) is 14.1 Å². The van der Waals surface area contributed by atoms with Gasteiger partial charge in [-0.15, -0.1) is 0 Å². The molecule has 0 aliphatic carbocycles. The smallest absolute Gasteiger partial charge is 0.234 e. The van der Waals surface area contributed by atoms with E-state index >= 15 is 0 Å². The van der Waals surface area contributed by atoms with Crippen LogP contribution in [0.25, 0.3) is 5.65 Å². The van der Waals surface area contributed by atoms with Crippen molar-refractivity contribution < 1.29 is 4.79 Å². The van der Waals surface area contributed by atoms with Gasteiger partial charge in [0.25, 0.3) is 0 Å². The SMILES string of the molecule is N#Cc1c(N2CCC(N3CCCC3C(N)=O)CC2)nc2ccccn12. The molecular weight excluding hydrogens is 316 g/mol. The fourth-order valence-corrected chi connectivity index (χ4v) is 4.25. The third-order valence-electron chi connectivity index (χ3n) is 5.47. The van der Waals surface area contributed by atoms with E-state index in [1.54, 1.807) is 0 Å². The van der Waals surface area contributed by atoms with E-state index < -0.39 is 0 Å². The van der Waals surface area contributed by atoms with E-state index in [4.69, 9.17) is 5.73 Å². The average molecular weight is 338 g/mol. The van der Waals surface area contributed by atoms with Crippen molar-refractivity contribution in [3.63, 3.8) is 0 Å². The van der Waals surface area contributed by atoms with Gasteiger partial charge < -0.3 is 10.6 Å². The Morgan fingerprint density at radius 3 is 2.76 bits per heavy atom. The van der Waals surface area contributed by atoms with Gasteiger partial charge in [0, 0.05) is 25.3 Å². The molecule has 7 nitrogen and oxygen atoms in total. The molecule has 0 bridgehead atoms. The number of nitriles is 1. The third-order valence-corrected chi connectivity index (χ3v) is 5.47.